The topological polar surface area (TPSA) is 21.4 Å². The Hall–Kier alpha value is -2.67. The Bertz CT molecular complexity index is 932. The van der Waals surface area contributed by atoms with Crippen LogP contribution in [-0.2, 0) is 5.41 Å². The van der Waals surface area contributed by atoms with E-state index in [4.69, 9.17) is 4.51 Å². The van der Waals surface area contributed by atoms with Crippen molar-refractivity contribution < 1.29 is 17.2 Å². The fourth-order valence-electron chi connectivity index (χ4n) is 3.04. The second-order valence-electron chi connectivity index (χ2n) is 7.57. The van der Waals surface area contributed by atoms with Crippen LogP contribution in [0.1, 0.15) is 21.5 Å². The summed E-state index contributed by atoms with van der Waals surface area (Å²) in [5.41, 5.74) is 1.35. The summed E-state index contributed by atoms with van der Waals surface area (Å²) in [6, 6.07) is 32.5. The predicted molar refractivity (Wildman–Crippen MR) is 115 cm³/mol. The molecule has 0 amide bonds. The molecule has 0 saturated heterocycles. The molecule has 0 bridgehead atoms. The maximum atomic E-state index is 13.9. The number of Topliss-reactive ketones (excluding diaryl/α,β-unsaturated/α-hetero) is 1. The molecule has 4 heteroatoms. The minimum Gasteiger partial charge on any atom is -1.00 e. The zero-order valence-electron chi connectivity index (χ0n) is 16.4. The van der Waals surface area contributed by atoms with Gasteiger partial charge in [0.2, 0.25) is 5.41 Å². The summed E-state index contributed by atoms with van der Waals surface area (Å²) >= 11 is 0. The first-order valence-electron chi connectivity index (χ1n) is 9.13. The monoisotopic (exact) mass is 405 g/mol. The van der Waals surface area contributed by atoms with Gasteiger partial charge in [-0.3, -0.25) is 4.79 Å². The molecular formula is C24H24ClNOSi. The summed E-state index contributed by atoms with van der Waals surface area (Å²) in [6.07, 6.45) is 0. The molecule has 0 aromatic heterocycles. The summed E-state index contributed by atoms with van der Waals surface area (Å²) in [4.78, 5) is 13.9. The minimum absolute atomic E-state index is 0. The van der Waals surface area contributed by atoms with E-state index in [1.165, 1.54) is 0 Å². The quantitative estimate of drug-likeness (QED) is 0.483. The Labute approximate surface area is 174 Å². The van der Waals surface area contributed by atoms with Crippen LogP contribution in [0.5, 0.6) is 0 Å². The van der Waals surface area contributed by atoms with Gasteiger partial charge in [0.1, 0.15) is 0 Å². The van der Waals surface area contributed by atoms with Crippen molar-refractivity contribution in [3.63, 3.8) is 0 Å². The van der Waals surface area contributed by atoms with Crippen LogP contribution in [0.15, 0.2) is 91.0 Å². The van der Waals surface area contributed by atoms with Gasteiger partial charge in [-0.25, -0.2) is 0 Å². The van der Waals surface area contributed by atoms with Crippen molar-refractivity contribution in [2.24, 2.45) is 0 Å². The zero-order valence-corrected chi connectivity index (χ0v) is 18.1. The molecule has 0 radical (unpaired) electrons. The third kappa shape index (κ3) is 4.59. The lowest BCUT2D eigenvalue weighted by molar-refractivity contribution is -0.0000135. The maximum absolute atomic E-state index is 13.9. The molecule has 3 aromatic rings. The SMILES string of the molecule is C[Si](C)(C)[N+]#CC(C(=O)c1ccccc1)(c1ccccc1)c1ccccc1.[Cl-]. The first-order valence-corrected chi connectivity index (χ1v) is 12.6. The lowest BCUT2D eigenvalue weighted by Gasteiger charge is -2.24. The molecule has 0 spiro atoms. The van der Waals surface area contributed by atoms with Crippen molar-refractivity contribution in [3.8, 4) is 6.07 Å². The van der Waals surface area contributed by atoms with E-state index in [1.807, 2.05) is 91.0 Å². The van der Waals surface area contributed by atoms with Gasteiger partial charge in [0.25, 0.3) is 6.07 Å². The van der Waals surface area contributed by atoms with E-state index >= 15 is 0 Å². The van der Waals surface area contributed by atoms with Gasteiger partial charge in [0.05, 0.1) is 0 Å². The van der Waals surface area contributed by atoms with Crippen molar-refractivity contribution in [2.45, 2.75) is 25.1 Å². The second kappa shape index (κ2) is 9.01. The Morgan fingerprint density at radius 2 is 1.14 bits per heavy atom. The highest BCUT2D eigenvalue weighted by atomic mass is 35.5. The molecule has 0 N–H and O–H groups in total. The number of benzene rings is 3. The van der Waals surface area contributed by atoms with Crippen molar-refractivity contribution in [1.29, 1.82) is 0 Å². The molecule has 0 heterocycles. The number of ketones is 1. The molecule has 2 nitrogen and oxygen atoms in total. The molecule has 0 aliphatic rings. The van der Waals surface area contributed by atoms with E-state index in [2.05, 4.69) is 25.7 Å². The average molecular weight is 406 g/mol. The highest BCUT2D eigenvalue weighted by molar-refractivity contribution is 6.79. The predicted octanol–water partition coefficient (Wildman–Crippen LogP) is 3.03. The molecule has 28 heavy (non-hydrogen) atoms. The summed E-state index contributed by atoms with van der Waals surface area (Å²) in [6.45, 7) is 6.44. The fraction of sp³-hybridized carbons (Fsp3) is 0.167. The molecule has 0 unspecified atom stereocenters. The second-order valence-corrected chi connectivity index (χ2v) is 12.1. The first-order chi connectivity index (χ1) is 12.9. The van der Waals surface area contributed by atoms with Crippen molar-refractivity contribution in [1.82, 2.24) is 0 Å². The molecule has 0 saturated carbocycles. The lowest BCUT2D eigenvalue weighted by atomic mass is 9.70. The van der Waals surface area contributed by atoms with Gasteiger partial charge in [0.15, 0.2) is 5.78 Å². The summed E-state index contributed by atoms with van der Waals surface area (Å²) in [5, 5.41) is 0. The molecule has 0 fully saturated rings. The third-order valence-electron chi connectivity index (χ3n) is 4.35. The first kappa shape index (κ1) is 21.6. The Kier molecular flexibility index (Phi) is 6.96. The van der Waals surface area contributed by atoms with Crippen LogP contribution in [0.25, 0.3) is 4.51 Å². The van der Waals surface area contributed by atoms with Crippen LogP contribution < -0.4 is 12.4 Å². The molecule has 0 aliphatic carbocycles. The number of nitrogens with zero attached hydrogens (tertiary/aromatic N) is 1. The Morgan fingerprint density at radius 3 is 1.54 bits per heavy atom. The Balaban J connectivity index is 0.00000280. The number of hydrogen-bond donors (Lipinski definition) is 0. The van der Waals surface area contributed by atoms with Gasteiger partial charge in [0, 0.05) is 25.2 Å². The van der Waals surface area contributed by atoms with Gasteiger partial charge >= 0.3 is 8.24 Å². The van der Waals surface area contributed by atoms with Crippen LogP contribution in [0.2, 0.25) is 19.6 Å². The van der Waals surface area contributed by atoms with Crippen LogP contribution in [0, 0.1) is 6.07 Å². The number of rotatable bonds is 4. The number of carbonyl (C=O) groups is 1. The lowest BCUT2D eigenvalue weighted by Crippen LogP contribution is -3.00. The summed E-state index contributed by atoms with van der Waals surface area (Å²) < 4.78 is 4.80. The van der Waals surface area contributed by atoms with Gasteiger partial charge < -0.3 is 12.4 Å². The number of halogens is 1. The number of carbonyl (C=O) groups excluding carboxylic acids is 1. The van der Waals surface area contributed by atoms with E-state index in [-0.39, 0.29) is 18.2 Å². The van der Waals surface area contributed by atoms with Crippen LogP contribution in [0.3, 0.4) is 0 Å². The normalized spacial score (nSPS) is 11.0. The van der Waals surface area contributed by atoms with Crippen molar-refractivity contribution in [2.75, 3.05) is 0 Å². The average Bonchev–Trinajstić information content (AvgIpc) is 2.70. The summed E-state index contributed by atoms with van der Waals surface area (Å²) in [5.74, 6) is -0.0116. The van der Waals surface area contributed by atoms with Crippen LogP contribution in [0.4, 0.5) is 0 Å². The van der Waals surface area contributed by atoms with E-state index in [0.29, 0.717) is 5.56 Å². The largest absolute Gasteiger partial charge is 1.00 e. The van der Waals surface area contributed by atoms with E-state index in [1.54, 1.807) is 0 Å². The van der Waals surface area contributed by atoms with E-state index in [9.17, 15) is 4.79 Å². The van der Waals surface area contributed by atoms with Crippen LogP contribution >= 0.6 is 0 Å². The van der Waals surface area contributed by atoms with Gasteiger partial charge in [-0.15, -0.1) is 0 Å². The van der Waals surface area contributed by atoms with Gasteiger partial charge in [-0.05, 0) is 11.1 Å². The van der Waals surface area contributed by atoms with E-state index < -0.39 is 13.7 Å². The maximum Gasteiger partial charge on any atom is 0.499 e. The molecule has 3 rings (SSSR count). The molecule has 3 aromatic carbocycles. The summed E-state index contributed by atoms with van der Waals surface area (Å²) in [7, 11) is -1.82. The third-order valence-corrected chi connectivity index (χ3v) is 5.13. The molecule has 0 atom stereocenters. The van der Waals surface area contributed by atoms with Crippen molar-refractivity contribution in [3.05, 3.63) is 112 Å². The molecule has 0 aliphatic heterocycles. The highest BCUT2D eigenvalue weighted by Gasteiger charge is 2.47. The Morgan fingerprint density at radius 1 is 0.750 bits per heavy atom. The fourth-order valence-corrected chi connectivity index (χ4v) is 3.55. The standard InChI is InChI=1S/C24H24NOSi.ClH/c1-27(2,3)25-19-24(21-15-9-5-10-16-21,22-17-11-6-12-18-22)23(26)20-13-7-4-8-14-20;/h4-18H,1-3H3;1H/q+1;/p-1. The smallest absolute Gasteiger partial charge is 0.499 e. The molecule has 142 valence electrons. The number of hydrogen-bond acceptors (Lipinski definition) is 1. The van der Waals surface area contributed by atoms with Crippen molar-refractivity contribution >= 4 is 14.0 Å². The highest BCUT2D eigenvalue weighted by Crippen LogP contribution is 2.36. The molecular weight excluding hydrogens is 382 g/mol. The minimum atomic E-state index is -1.82. The van der Waals surface area contributed by atoms with Gasteiger partial charge in [-0.2, -0.15) is 4.51 Å². The van der Waals surface area contributed by atoms with Gasteiger partial charge in [-0.1, -0.05) is 91.0 Å². The zero-order chi connectivity index (χ0) is 19.3. The van der Waals surface area contributed by atoms with E-state index in [0.717, 1.165) is 11.1 Å². The van der Waals surface area contributed by atoms with Crippen LogP contribution in [-0.4, -0.2) is 14.0 Å².